The highest BCUT2D eigenvalue weighted by atomic mass is 16.5. The molecule has 0 aliphatic rings. The molecule has 25 heavy (non-hydrogen) atoms. The predicted octanol–water partition coefficient (Wildman–Crippen LogP) is 2.18. The fraction of sp³-hybridized carbons (Fsp3) is 0.278. The summed E-state index contributed by atoms with van der Waals surface area (Å²) in [6.45, 7) is 3.77. The number of urea groups is 1. The fourth-order valence-corrected chi connectivity index (χ4v) is 2.17. The molecule has 2 aromatic rings. The number of carbonyl (C=O) groups excluding carboxylic acids is 3. The summed E-state index contributed by atoms with van der Waals surface area (Å²) in [5.41, 5.74) is 2.18. The molecule has 0 aliphatic heterocycles. The van der Waals surface area contributed by atoms with Gasteiger partial charge in [-0.25, -0.2) is 9.59 Å². The zero-order valence-corrected chi connectivity index (χ0v) is 14.2. The van der Waals surface area contributed by atoms with E-state index in [1.54, 1.807) is 12.1 Å². The summed E-state index contributed by atoms with van der Waals surface area (Å²) in [4.78, 5) is 35.1. The first kappa shape index (κ1) is 18.3. The molecule has 0 aliphatic carbocycles. The van der Waals surface area contributed by atoms with Crippen LogP contribution in [0.25, 0.3) is 5.69 Å². The highest BCUT2D eigenvalue weighted by Crippen LogP contribution is 2.17. The second kappa shape index (κ2) is 8.68. The molecule has 7 heteroatoms. The van der Waals surface area contributed by atoms with Crippen LogP contribution in [0.1, 0.15) is 29.3 Å². The average Bonchev–Trinajstić information content (AvgIpc) is 3.12. The summed E-state index contributed by atoms with van der Waals surface area (Å²) in [5, 5.41) is 4.59. The van der Waals surface area contributed by atoms with Crippen LogP contribution < -0.4 is 10.6 Å². The molecule has 1 heterocycles. The lowest BCUT2D eigenvalue weighted by Crippen LogP contribution is -2.41. The second-order valence-corrected chi connectivity index (χ2v) is 5.47. The van der Waals surface area contributed by atoms with Gasteiger partial charge in [-0.2, -0.15) is 0 Å². The van der Waals surface area contributed by atoms with Gasteiger partial charge in [-0.1, -0.05) is 13.0 Å². The van der Waals surface area contributed by atoms with Crippen LogP contribution in [0.3, 0.4) is 0 Å². The van der Waals surface area contributed by atoms with E-state index in [0.29, 0.717) is 12.1 Å². The van der Waals surface area contributed by atoms with Crippen LogP contribution >= 0.6 is 0 Å². The summed E-state index contributed by atoms with van der Waals surface area (Å²) in [5.74, 6) is -1.31. The minimum absolute atomic E-state index is 0.331. The first-order chi connectivity index (χ1) is 12.0. The summed E-state index contributed by atoms with van der Waals surface area (Å²) in [6.07, 6.45) is 4.51. The number of hydrogen-bond donors (Lipinski definition) is 2. The lowest BCUT2D eigenvalue weighted by atomic mass is 10.1. The van der Waals surface area contributed by atoms with E-state index in [1.807, 2.05) is 49.0 Å². The third-order valence-corrected chi connectivity index (χ3v) is 3.45. The Morgan fingerprint density at radius 1 is 1.16 bits per heavy atom. The van der Waals surface area contributed by atoms with E-state index < -0.39 is 24.5 Å². The zero-order valence-electron chi connectivity index (χ0n) is 14.2. The molecule has 1 aromatic carbocycles. The van der Waals surface area contributed by atoms with E-state index in [0.717, 1.165) is 17.7 Å². The monoisotopic (exact) mass is 343 g/mol. The van der Waals surface area contributed by atoms with Crippen molar-refractivity contribution >= 4 is 17.9 Å². The maximum absolute atomic E-state index is 12.1. The number of nitrogens with zero attached hydrogens (tertiary/aromatic N) is 1. The molecular formula is C18H21N3O4. The summed E-state index contributed by atoms with van der Waals surface area (Å²) < 4.78 is 6.85. The molecule has 0 atom stereocenters. The van der Waals surface area contributed by atoms with Crippen molar-refractivity contribution < 1.29 is 19.1 Å². The largest absolute Gasteiger partial charge is 0.452 e. The number of hydrogen-bond acceptors (Lipinski definition) is 4. The van der Waals surface area contributed by atoms with Crippen LogP contribution in [0, 0.1) is 6.92 Å². The lowest BCUT2D eigenvalue weighted by molar-refractivity contribution is -0.123. The Kier molecular flexibility index (Phi) is 6.33. The van der Waals surface area contributed by atoms with Crippen LogP contribution in [-0.2, 0) is 9.53 Å². The van der Waals surface area contributed by atoms with Crippen molar-refractivity contribution in [1.29, 1.82) is 0 Å². The molecule has 132 valence electrons. The van der Waals surface area contributed by atoms with E-state index in [4.69, 9.17) is 4.74 Å². The van der Waals surface area contributed by atoms with Gasteiger partial charge in [-0.05, 0) is 43.2 Å². The van der Waals surface area contributed by atoms with Crippen molar-refractivity contribution in [2.24, 2.45) is 0 Å². The molecular weight excluding hydrogens is 322 g/mol. The number of amides is 3. The van der Waals surface area contributed by atoms with Crippen molar-refractivity contribution in [3.63, 3.8) is 0 Å². The quantitative estimate of drug-likeness (QED) is 0.787. The molecule has 7 nitrogen and oxygen atoms in total. The van der Waals surface area contributed by atoms with Crippen LogP contribution in [0.15, 0.2) is 42.7 Å². The van der Waals surface area contributed by atoms with Crippen molar-refractivity contribution in [2.45, 2.75) is 20.3 Å². The number of imide groups is 1. The Balaban J connectivity index is 1.94. The molecule has 0 bridgehead atoms. The Morgan fingerprint density at radius 2 is 1.88 bits per heavy atom. The average molecular weight is 343 g/mol. The van der Waals surface area contributed by atoms with Crippen molar-refractivity contribution in [2.75, 3.05) is 13.2 Å². The predicted molar refractivity (Wildman–Crippen MR) is 92.6 cm³/mol. The normalized spacial score (nSPS) is 10.2. The lowest BCUT2D eigenvalue weighted by Gasteiger charge is -2.10. The summed E-state index contributed by atoms with van der Waals surface area (Å²) in [6, 6.07) is 8.31. The standard InChI is InChI=1S/C18H21N3O4/c1-3-8-19-18(24)20-16(22)12-25-17(23)14-7-6-13(2)15(11-14)21-9-4-5-10-21/h4-7,9-11H,3,8,12H2,1-2H3,(H2,19,20,22,24). The van der Waals surface area contributed by atoms with Crippen LogP contribution in [-0.4, -0.2) is 35.6 Å². The molecule has 3 amide bonds. The maximum Gasteiger partial charge on any atom is 0.338 e. The number of aromatic nitrogens is 1. The van der Waals surface area contributed by atoms with Gasteiger partial charge in [0, 0.05) is 24.6 Å². The number of ether oxygens (including phenoxy) is 1. The Bertz CT molecular complexity index is 754. The Morgan fingerprint density at radius 3 is 2.56 bits per heavy atom. The molecule has 1 aromatic heterocycles. The molecule has 0 unspecified atom stereocenters. The highest BCUT2D eigenvalue weighted by molar-refractivity contribution is 5.97. The van der Waals surface area contributed by atoms with E-state index in [-0.39, 0.29) is 0 Å². The number of benzene rings is 1. The highest BCUT2D eigenvalue weighted by Gasteiger charge is 2.13. The molecule has 0 fully saturated rings. The Labute approximate surface area is 146 Å². The number of nitrogens with one attached hydrogen (secondary N) is 2. The number of rotatable bonds is 6. The minimum Gasteiger partial charge on any atom is -0.452 e. The van der Waals surface area contributed by atoms with E-state index in [1.165, 1.54) is 0 Å². The van der Waals surface area contributed by atoms with Crippen molar-refractivity contribution in [3.05, 3.63) is 53.9 Å². The molecule has 0 saturated heterocycles. The maximum atomic E-state index is 12.1. The smallest absolute Gasteiger partial charge is 0.338 e. The fourth-order valence-electron chi connectivity index (χ4n) is 2.17. The molecule has 2 N–H and O–H groups in total. The van der Waals surface area contributed by atoms with E-state index in [2.05, 4.69) is 10.6 Å². The Hall–Kier alpha value is -3.09. The summed E-state index contributed by atoms with van der Waals surface area (Å²) in [7, 11) is 0. The van der Waals surface area contributed by atoms with Gasteiger partial charge < -0.3 is 14.6 Å². The molecule has 2 rings (SSSR count). The van der Waals surface area contributed by atoms with E-state index >= 15 is 0 Å². The van der Waals surface area contributed by atoms with Gasteiger partial charge in [0.25, 0.3) is 5.91 Å². The van der Waals surface area contributed by atoms with Gasteiger partial charge in [0.05, 0.1) is 5.56 Å². The van der Waals surface area contributed by atoms with Crippen LogP contribution in [0.5, 0.6) is 0 Å². The second-order valence-electron chi connectivity index (χ2n) is 5.47. The molecule has 0 saturated carbocycles. The van der Waals surface area contributed by atoms with Gasteiger partial charge >= 0.3 is 12.0 Å². The van der Waals surface area contributed by atoms with Gasteiger partial charge in [-0.3, -0.25) is 10.1 Å². The third kappa shape index (κ3) is 5.20. The number of aryl methyl sites for hydroxylation is 1. The van der Waals surface area contributed by atoms with Gasteiger partial charge in [0.15, 0.2) is 6.61 Å². The van der Waals surface area contributed by atoms with Crippen molar-refractivity contribution in [1.82, 2.24) is 15.2 Å². The third-order valence-electron chi connectivity index (χ3n) is 3.45. The van der Waals surface area contributed by atoms with Crippen LogP contribution in [0.2, 0.25) is 0 Å². The van der Waals surface area contributed by atoms with Gasteiger partial charge in [0.2, 0.25) is 0 Å². The number of esters is 1. The van der Waals surface area contributed by atoms with Crippen molar-refractivity contribution in [3.8, 4) is 5.69 Å². The topological polar surface area (TPSA) is 89.4 Å². The van der Waals surface area contributed by atoms with Crippen LogP contribution in [0.4, 0.5) is 4.79 Å². The molecule has 0 spiro atoms. The first-order valence-corrected chi connectivity index (χ1v) is 8.00. The summed E-state index contributed by atoms with van der Waals surface area (Å²) >= 11 is 0. The minimum atomic E-state index is -0.681. The first-order valence-electron chi connectivity index (χ1n) is 8.00. The zero-order chi connectivity index (χ0) is 18.2. The SMILES string of the molecule is CCCNC(=O)NC(=O)COC(=O)c1ccc(C)c(-n2cccc2)c1. The van der Waals surface area contributed by atoms with Gasteiger partial charge in [0.1, 0.15) is 0 Å². The number of carbonyl (C=O) groups is 3. The van der Waals surface area contributed by atoms with Gasteiger partial charge in [-0.15, -0.1) is 0 Å². The van der Waals surface area contributed by atoms with E-state index in [9.17, 15) is 14.4 Å². The molecule has 0 radical (unpaired) electrons.